The number of hydrogen-bond donors (Lipinski definition) is 1. The standard InChI is InChI=1S/C16H22BrNO3/c1-10-5-4-8-16(18,9-10)15(19)11-6-7-12(20-2)13(17)14(11)21-3/h6-7,10H,4-5,8-9,18H2,1-3H3. The van der Waals surface area contributed by atoms with Crippen molar-refractivity contribution < 1.29 is 14.3 Å². The van der Waals surface area contributed by atoms with Crippen molar-refractivity contribution in [3.63, 3.8) is 0 Å². The zero-order valence-electron chi connectivity index (χ0n) is 12.7. The van der Waals surface area contributed by atoms with Crippen LogP contribution >= 0.6 is 15.9 Å². The number of Topliss-reactive ketones (excluding diaryl/α,β-unsaturated/α-hetero) is 1. The molecule has 0 saturated heterocycles. The fourth-order valence-electron chi connectivity index (χ4n) is 3.14. The van der Waals surface area contributed by atoms with E-state index < -0.39 is 5.54 Å². The molecular weight excluding hydrogens is 334 g/mol. The molecule has 1 fully saturated rings. The lowest BCUT2D eigenvalue weighted by atomic mass is 9.73. The Morgan fingerprint density at radius 3 is 2.67 bits per heavy atom. The van der Waals surface area contributed by atoms with E-state index in [4.69, 9.17) is 15.2 Å². The first-order valence-electron chi connectivity index (χ1n) is 7.17. The number of carbonyl (C=O) groups excluding carboxylic acids is 1. The van der Waals surface area contributed by atoms with E-state index in [2.05, 4.69) is 22.9 Å². The van der Waals surface area contributed by atoms with Crippen LogP contribution in [0.2, 0.25) is 0 Å². The van der Waals surface area contributed by atoms with Gasteiger partial charge < -0.3 is 15.2 Å². The molecule has 5 heteroatoms. The highest BCUT2D eigenvalue weighted by Gasteiger charge is 2.39. The molecule has 0 heterocycles. The molecule has 0 bridgehead atoms. The quantitative estimate of drug-likeness (QED) is 0.838. The zero-order valence-corrected chi connectivity index (χ0v) is 14.3. The van der Waals surface area contributed by atoms with Crippen molar-refractivity contribution in [3.05, 3.63) is 22.2 Å². The molecule has 0 spiro atoms. The van der Waals surface area contributed by atoms with Crippen LogP contribution in [0.1, 0.15) is 43.0 Å². The van der Waals surface area contributed by atoms with E-state index in [1.54, 1.807) is 26.4 Å². The summed E-state index contributed by atoms with van der Waals surface area (Å²) >= 11 is 3.43. The van der Waals surface area contributed by atoms with Gasteiger partial charge in [0.05, 0.1) is 25.3 Å². The second kappa shape index (κ2) is 6.36. The molecule has 2 N–H and O–H groups in total. The van der Waals surface area contributed by atoms with Crippen molar-refractivity contribution in [2.75, 3.05) is 14.2 Å². The SMILES string of the molecule is COc1ccc(C(=O)C2(N)CCCC(C)C2)c(OC)c1Br. The highest BCUT2D eigenvalue weighted by molar-refractivity contribution is 9.10. The second-order valence-corrected chi connectivity index (χ2v) is 6.64. The summed E-state index contributed by atoms with van der Waals surface area (Å²) in [5, 5.41) is 0. The molecule has 116 valence electrons. The van der Waals surface area contributed by atoms with Crippen molar-refractivity contribution in [2.24, 2.45) is 11.7 Å². The first kappa shape index (κ1) is 16.3. The van der Waals surface area contributed by atoms with Gasteiger partial charge in [0.25, 0.3) is 0 Å². The number of rotatable bonds is 4. The fraction of sp³-hybridized carbons (Fsp3) is 0.562. The summed E-state index contributed by atoms with van der Waals surface area (Å²) in [6.07, 6.45) is 3.57. The van der Waals surface area contributed by atoms with Gasteiger partial charge in [-0.1, -0.05) is 19.8 Å². The maximum atomic E-state index is 12.9. The summed E-state index contributed by atoms with van der Waals surface area (Å²) in [6, 6.07) is 3.49. The molecule has 21 heavy (non-hydrogen) atoms. The van der Waals surface area contributed by atoms with Gasteiger partial charge in [0.1, 0.15) is 16.0 Å². The highest BCUT2D eigenvalue weighted by atomic mass is 79.9. The molecule has 2 rings (SSSR count). The van der Waals surface area contributed by atoms with Crippen LogP contribution in [0.3, 0.4) is 0 Å². The molecule has 0 aliphatic heterocycles. The Morgan fingerprint density at radius 2 is 2.10 bits per heavy atom. The summed E-state index contributed by atoms with van der Waals surface area (Å²) in [7, 11) is 3.12. The minimum atomic E-state index is -0.793. The number of nitrogens with two attached hydrogens (primary N) is 1. The monoisotopic (exact) mass is 355 g/mol. The van der Waals surface area contributed by atoms with Crippen molar-refractivity contribution >= 4 is 21.7 Å². The van der Waals surface area contributed by atoms with Gasteiger partial charge in [0.15, 0.2) is 5.78 Å². The van der Waals surface area contributed by atoms with Crippen molar-refractivity contribution in [2.45, 2.75) is 38.1 Å². The van der Waals surface area contributed by atoms with E-state index in [0.717, 1.165) is 25.7 Å². The molecule has 2 atom stereocenters. The Balaban J connectivity index is 2.41. The Labute approximate surface area is 134 Å². The minimum absolute atomic E-state index is 0.0470. The Kier molecular flexibility index (Phi) is 4.94. The van der Waals surface area contributed by atoms with E-state index in [1.165, 1.54) is 0 Å². The van der Waals surface area contributed by atoms with Gasteiger partial charge in [-0.15, -0.1) is 0 Å². The van der Waals surface area contributed by atoms with Crippen LogP contribution in [-0.4, -0.2) is 25.5 Å². The minimum Gasteiger partial charge on any atom is -0.495 e. The Hall–Kier alpha value is -1.07. The van der Waals surface area contributed by atoms with E-state index in [0.29, 0.717) is 27.5 Å². The third kappa shape index (κ3) is 3.09. The van der Waals surface area contributed by atoms with E-state index >= 15 is 0 Å². The maximum absolute atomic E-state index is 12.9. The average Bonchev–Trinajstić information content (AvgIpc) is 2.45. The van der Waals surface area contributed by atoms with Gasteiger partial charge in [0, 0.05) is 0 Å². The lowest BCUT2D eigenvalue weighted by Gasteiger charge is -2.35. The van der Waals surface area contributed by atoms with Crippen LogP contribution in [0, 0.1) is 5.92 Å². The predicted molar refractivity (Wildman–Crippen MR) is 86.1 cm³/mol. The number of halogens is 1. The van der Waals surface area contributed by atoms with Crippen molar-refractivity contribution in [1.29, 1.82) is 0 Å². The lowest BCUT2D eigenvalue weighted by molar-refractivity contribution is 0.0816. The third-order valence-corrected chi connectivity index (χ3v) is 4.97. The molecule has 1 saturated carbocycles. The van der Waals surface area contributed by atoms with Crippen LogP contribution in [0.15, 0.2) is 16.6 Å². The van der Waals surface area contributed by atoms with E-state index in [-0.39, 0.29) is 5.78 Å². The second-order valence-electron chi connectivity index (χ2n) is 5.85. The average molecular weight is 356 g/mol. The number of methoxy groups -OCH3 is 2. The summed E-state index contributed by atoms with van der Waals surface area (Å²) in [5.74, 6) is 1.54. The van der Waals surface area contributed by atoms with Crippen molar-refractivity contribution in [3.8, 4) is 11.5 Å². The van der Waals surface area contributed by atoms with E-state index in [1.807, 2.05) is 0 Å². The van der Waals surface area contributed by atoms with Gasteiger partial charge in [0.2, 0.25) is 0 Å². The van der Waals surface area contributed by atoms with Gasteiger partial charge in [-0.25, -0.2) is 0 Å². The Morgan fingerprint density at radius 1 is 1.38 bits per heavy atom. The van der Waals surface area contributed by atoms with Crippen LogP contribution in [-0.2, 0) is 0 Å². The van der Waals surface area contributed by atoms with Gasteiger partial charge in [-0.2, -0.15) is 0 Å². The third-order valence-electron chi connectivity index (χ3n) is 4.22. The molecular formula is C16H22BrNO3. The normalized spacial score (nSPS) is 25.5. The van der Waals surface area contributed by atoms with Crippen LogP contribution in [0.5, 0.6) is 11.5 Å². The summed E-state index contributed by atoms with van der Waals surface area (Å²) in [4.78, 5) is 12.9. The number of ketones is 1. The highest BCUT2D eigenvalue weighted by Crippen LogP contribution is 2.40. The molecule has 1 aromatic carbocycles. The Bertz CT molecular complexity index is 547. The largest absolute Gasteiger partial charge is 0.495 e. The summed E-state index contributed by atoms with van der Waals surface area (Å²) in [6.45, 7) is 2.15. The van der Waals surface area contributed by atoms with Crippen LogP contribution in [0.4, 0.5) is 0 Å². The van der Waals surface area contributed by atoms with E-state index in [9.17, 15) is 4.79 Å². The van der Waals surface area contributed by atoms with Crippen molar-refractivity contribution in [1.82, 2.24) is 0 Å². The number of hydrogen-bond acceptors (Lipinski definition) is 4. The zero-order chi connectivity index (χ0) is 15.6. The fourth-order valence-corrected chi connectivity index (χ4v) is 3.81. The number of benzene rings is 1. The topological polar surface area (TPSA) is 61.5 Å². The molecule has 1 aromatic rings. The smallest absolute Gasteiger partial charge is 0.186 e. The molecule has 1 aliphatic carbocycles. The molecule has 0 aromatic heterocycles. The first-order chi connectivity index (χ1) is 9.92. The number of carbonyl (C=O) groups is 1. The summed E-state index contributed by atoms with van der Waals surface area (Å²) in [5.41, 5.74) is 6.14. The van der Waals surface area contributed by atoms with Crippen LogP contribution in [0.25, 0.3) is 0 Å². The molecule has 0 amide bonds. The molecule has 1 aliphatic rings. The van der Waals surface area contributed by atoms with Gasteiger partial charge >= 0.3 is 0 Å². The van der Waals surface area contributed by atoms with Gasteiger partial charge in [-0.3, -0.25) is 4.79 Å². The number of ether oxygens (including phenoxy) is 2. The first-order valence-corrected chi connectivity index (χ1v) is 7.96. The van der Waals surface area contributed by atoms with Gasteiger partial charge in [-0.05, 0) is 46.8 Å². The summed E-state index contributed by atoms with van der Waals surface area (Å²) < 4.78 is 11.3. The predicted octanol–water partition coefficient (Wildman–Crippen LogP) is 3.56. The molecule has 0 radical (unpaired) electrons. The lowest BCUT2D eigenvalue weighted by Crippen LogP contribution is -2.51. The van der Waals surface area contributed by atoms with Crippen LogP contribution < -0.4 is 15.2 Å². The molecule has 4 nitrogen and oxygen atoms in total. The molecule has 2 unspecified atom stereocenters. The maximum Gasteiger partial charge on any atom is 0.186 e.